The van der Waals surface area contributed by atoms with Crippen molar-refractivity contribution >= 4 is 28.6 Å². The number of carbonyl (C=O) groups excluding carboxylic acids is 1. The van der Waals surface area contributed by atoms with Gasteiger partial charge in [0.1, 0.15) is 5.69 Å². The lowest BCUT2D eigenvalue weighted by atomic mass is 10.0. The summed E-state index contributed by atoms with van der Waals surface area (Å²) in [5.74, 6) is -1.81. The molecule has 1 heterocycles. The summed E-state index contributed by atoms with van der Waals surface area (Å²) >= 11 is 0. The molecular formula is C32H49NO5. The van der Waals surface area contributed by atoms with E-state index in [9.17, 15) is 19.5 Å². The monoisotopic (exact) mass is 527 g/mol. The molecule has 0 saturated heterocycles. The van der Waals surface area contributed by atoms with E-state index in [0.717, 1.165) is 81.5 Å². The van der Waals surface area contributed by atoms with Gasteiger partial charge in [-0.1, -0.05) is 115 Å². The Labute approximate surface area is 228 Å². The number of fused-ring (bicyclic) bond motifs is 1. The van der Waals surface area contributed by atoms with E-state index in [1.54, 1.807) is 0 Å². The molecule has 0 unspecified atom stereocenters. The Hall–Kier alpha value is -2.63. The fourth-order valence-electron chi connectivity index (χ4n) is 5.37. The highest BCUT2D eigenvalue weighted by molar-refractivity contribution is 6.15. The van der Waals surface area contributed by atoms with Gasteiger partial charge in [-0.3, -0.25) is 9.59 Å². The van der Waals surface area contributed by atoms with Crippen molar-refractivity contribution in [1.29, 1.82) is 0 Å². The minimum Gasteiger partial charge on any atom is -0.481 e. The molecule has 0 aliphatic heterocycles. The van der Waals surface area contributed by atoms with Crippen LogP contribution in [0.1, 0.15) is 150 Å². The number of carboxylic acid groups (broad SMARTS) is 2. The van der Waals surface area contributed by atoms with Crippen LogP contribution in [0.25, 0.3) is 10.9 Å². The number of hydrogen-bond acceptors (Lipinski definition) is 3. The van der Waals surface area contributed by atoms with Crippen LogP contribution in [-0.2, 0) is 11.3 Å². The standard InChI is InChI=1S/C32H49NO5/c1-2-3-4-5-6-7-10-13-16-23-28(34)30-26-21-18-19-22-27(26)33(31(30)32(37)38)25-20-15-12-9-8-11-14-17-24-29(35)36/h18-19,21-22H,2-17,20,23-25H2,1H3,(H,35,36)(H,37,38). The molecule has 1 aromatic carbocycles. The molecule has 0 aliphatic rings. The van der Waals surface area contributed by atoms with Gasteiger partial charge >= 0.3 is 11.9 Å². The molecule has 6 nitrogen and oxygen atoms in total. The van der Waals surface area contributed by atoms with E-state index < -0.39 is 11.9 Å². The van der Waals surface area contributed by atoms with Crippen LogP contribution < -0.4 is 0 Å². The van der Waals surface area contributed by atoms with E-state index in [2.05, 4.69) is 6.92 Å². The number of ketones is 1. The molecule has 0 saturated carbocycles. The predicted octanol–water partition coefficient (Wildman–Crippen LogP) is 9.04. The predicted molar refractivity (Wildman–Crippen MR) is 154 cm³/mol. The van der Waals surface area contributed by atoms with Crippen LogP contribution in [0, 0.1) is 0 Å². The van der Waals surface area contributed by atoms with Crippen molar-refractivity contribution in [2.45, 2.75) is 135 Å². The highest BCUT2D eigenvalue weighted by Gasteiger charge is 2.26. The second-order valence-corrected chi connectivity index (χ2v) is 10.7. The lowest BCUT2D eigenvalue weighted by Crippen LogP contribution is -2.13. The van der Waals surface area contributed by atoms with E-state index in [0.29, 0.717) is 18.5 Å². The van der Waals surface area contributed by atoms with E-state index in [-0.39, 0.29) is 17.9 Å². The number of aromatic nitrogens is 1. The van der Waals surface area contributed by atoms with Crippen LogP contribution in [0.3, 0.4) is 0 Å². The first-order valence-electron chi connectivity index (χ1n) is 15.1. The van der Waals surface area contributed by atoms with Gasteiger partial charge in [0, 0.05) is 30.3 Å². The van der Waals surface area contributed by atoms with Gasteiger partial charge in [0.2, 0.25) is 0 Å². The Kier molecular flexibility index (Phi) is 15.5. The summed E-state index contributed by atoms with van der Waals surface area (Å²) in [6.45, 7) is 2.82. The third kappa shape index (κ3) is 11.0. The fraction of sp³-hybridized carbons (Fsp3) is 0.656. The molecular weight excluding hydrogens is 478 g/mol. The van der Waals surface area contributed by atoms with Crippen LogP contribution in [-0.4, -0.2) is 32.5 Å². The molecule has 212 valence electrons. The number of unbranched alkanes of at least 4 members (excludes halogenated alkanes) is 15. The Balaban J connectivity index is 1.87. The zero-order valence-corrected chi connectivity index (χ0v) is 23.5. The second kappa shape index (κ2) is 18.6. The van der Waals surface area contributed by atoms with Gasteiger partial charge in [-0.2, -0.15) is 0 Å². The Bertz CT molecular complexity index is 993. The number of rotatable bonds is 23. The quantitative estimate of drug-likeness (QED) is 0.111. The van der Waals surface area contributed by atoms with Crippen molar-refractivity contribution in [3.63, 3.8) is 0 Å². The van der Waals surface area contributed by atoms with Crippen molar-refractivity contribution in [2.24, 2.45) is 0 Å². The van der Waals surface area contributed by atoms with Gasteiger partial charge in [0.15, 0.2) is 5.78 Å². The van der Waals surface area contributed by atoms with Crippen LogP contribution >= 0.6 is 0 Å². The number of carbonyl (C=O) groups is 3. The highest BCUT2D eigenvalue weighted by Crippen LogP contribution is 2.29. The third-order valence-electron chi connectivity index (χ3n) is 7.48. The average molecular weight is 528 g/mol. The largest absolute Gasteiger partial charge is 0.481 e. The molecule has 0 aliphatic carbocycles. The summed E-state index contributed by atoms with van der Waals surface area (Å²) in [6, 6.07) is 7.59. The number of aryl methyl sites for hydroxylation is 1. The van der Waals surface area contributed by atoms with E-state index in [4.69, 9.17) is 5.11 Å². The third-order valence-corrected chi connectivity index (χ3v) is 7.48. The van der Waals surface area contributed by atoms with Gasteiger partial charge in [-0.05, 0) is 25.3 Å². The first-order chi connectivity index (χ1) is 18.5. The number of benzene rings is 1. The summed E-state index contributed by atoms with van der Waals surface area (Å²) in [5, 5.41) is 19.5. The molecule has 0 amide bonds. The van der Waals surface area contributed by atoms with Crippen molar-refractivity contribution in [3.8, 4) is 0 Å². The number of para-hydroxylation sites is 1. The molecule has 2 rings (SSSR count). The summed E-state index contributed by atoms with van der Waals surface area (Å²) < 4.78 is 1.84. The zero-order valence-electron chi connectivity index (χ0n) is 23.5. The van der Waals surface area contributed by atoms with Gasteiger partial charge in [-0.25, -0.2) is 4.79 Å². The van der Waals surface area contributed by atoms with Gasteiger partial charge in [-0.15, -0.1) is 0 Å². The van der Waals surface area contributed by atoms with Gasteiger partial charge < -0.3 is 14.8 Å². The summed E-state index contributed by atoms with van der Waals surface area (Å²) in [5.41, 5.74) is 1.36. The van der Waals surface area contributed by atoms with Crippen molar-refractivity contribution in [2.75, 3.05) is 0 Å². The fourth-order valence-corrected chi connectivity index (χ4v) is 5.37. The van der Waals surface area contributed by atoms with Gasteiger partial charge in [0.05, 0.1) is 5.56 Å². The van der Waals surface area contributed by atoms with E-state index in [1.807, 2.05) is 28.8 Å². The molecule has 6 heteroatoms. The minimum absolute atomic E-state index is 0.0526. The first kappa shape index (κ1) is 31.6. The molecule has 38 heavy (non-hydrogen) atoms. The number of Topliss-reactive ketones (excluding diaryl/α,β-unsaturated/α-hetero) is 1. The summed E-state index contributed by atoms with van der Waals surface area (Å²) in [4.78, 5) is 36.2. The maximum atomic E-state index is 13.3. The van der Waals surface area contributed by atoms with Crippen LogP contribution in [0.4, 0.5) is 0 Å². The molecule has 0 fully saturated rings. The normalized spacial score (nSPS) is 11.3. The molecule has 0 spiro atoms. The lowest BCUT2D eigenvalue weighted by Gasteiger charge is -2.09. The Morgan fingerprint density at radius 1 is 0.658 bits per heavy atom. The number of carboxylic acids is 2. The number of aliphatic carboxylic acids is 1. The van der Waals surface area contributed by atoms with E-state index >= 15 is 0 Å². The number of nitrogens with zero attached hydrogens (tertiary/aromatic N) is 1. The van der Waals surface area contributed by atoms with Crippen LogP contribution in [0.5, 0.6) is 0 Å². The maximum Gasteiger partial charge on any atom is 0.353 e. The zero-order chi connectivity index (χ0) is 27.6. The van der Waals surface area contributed by atoms with Crippen LogP contribution in [0.2, 0.25) is 0 Å². The summed E-state index contributed by atoms with van der Waals surface area (Å²) in [7, 11) is 0. The Morgan fingerprint density at radius 2 is 1.16 bits per heavy atom. The lowest BCUT2D eigenvalue weighted by molar-refractivity contribution is -0.137. The molecule has 2 aromatic rings. The maximum absolute atomic E-state index is 13.3. The second-order valence-electron chi connectivity index (χ2n) is 10.7. The highest BCUT2D eigenvalue weighted by atomic mass is 16.4. The van der Waals surface area contributed by atoms with Crippen molar-refractivity contribution < 1.29 is 24.6 Å². The average Bonchev–Trinajstić information content (AvgIpc) is 3.23. The SMILES string of the molecule is CCCCCCCCCCCC(=O)c1c(C(=O)O)n(CCCCCCCCCCC(=O)O)c2ccccc12. The molecule has 0 bridgehead atoms. The van der Waals surface area contributed by atoms with Crippen LogP contribution in [0.15, 0.2) is 24.3 Å². The minimum atomic E-state index is -1.03. The molecule has 1 aromatic heterocycles. The summed E-state index contributed by atoms with van der Waals surface area (Å²) in [6.07, 6.45) is 19.2. The molecule has 0 atom stereocenters. The van der Waals surface area contributed by atoms with E-state index in [1.165, 1.54) is 38.5 Å². The number of aromatic carboxylic acids is 1. The smallest absolute Gasteiger partial charge is 0.353 e. The first-order valence-corrected chi connectivity index (χ1v) is 15.1. The number of hydrogen-bond donors (Lipinski definition) is 2. The van der Waals surface area contributed by atoms with Gasteiger partial charge in [0.25, 0.3) is 0 Å². The van der Waals surface area contributed by atoms with Crippen molar-refractivity contribution in [1.82, 2.24) is 4.57 Å². The molecule has 2 N–H and O–H groups in total. The Morgan fingerprint density at radius 3 is 1.71 bits per heavy atom. The van der Waals surface area contributed by atoms with Crippen molar-refractivity contribution in [3.05, 3.63) is 35.5 Å². The topological polar surface area (TPSA) is 96.6 Å². The molecule has 0 radical (unpaired) electrons.